The van der Waals surface area contributed by atoms with E-state index >= 15 is 0 Å². The van der Waals surface area contributed by atoms with Gasteiger partial charge < -0.3 is 15.3 Å². The second-order valence-corrected chi connectivity index (χ2v) is 9.16. The molecule has 3 fully saturated rings. The van der Waals surface area contributed by atoms with Crippen molar-refractivity contribution in [2.45, 2.75) is 51.2 Å². The first-order valence-electron chi connectivity index (χ1n) is 9.61. The number of hydrogen-bond donors (Lipinski definition) is 3. The first-order valence-corrected chi connectivity index (χ1v) is 9.61. The van der Waals surface area contributed by atoms with Gasteiger partial charge in [0, 0.05) is 23.2 Å². The highest BCUT2D eigenvalue weighted by Crippen LogP contribution is 2.66. The number of Topliss-reactive ketones (excluding diaryl/α,β-unsaturated/α-hetero) is 2. The largest absolute Gasteiger partial charge is 0.389 e. The van der Waals surface area contributed by atoms with Crippen molar-refractivity contribution in [1.29, 1.82) is 0 Å². The lowest BCUT2D eigenvalue weighted by molar-refractivity contribution is -0.170. The van der Waals surface area contributed by atoms with Crippen LogP contribution in [0.2, 0.25) is 0 Å². The van der Waals surface area contributed by atoms with Gasteiger partial charge in [-0.15, -0.1) is 0 Å². The Hall–Kier alpha value is -1.63. The van der Waals surface area contributed by atoms with Crippen molar-refractivity contribution in [1.82, 2.24) is 0 Å². The smallest absolute Gasteiger partial charge is 0.190 e. The molecule has 3 saturated carbocycles. The highest BCUT2D eigenvalue weighted by molar-refractivity contribution is 6.02. The molecule has 1 unspecified atom stereocenters. The van der Waals surface area contributed by atoms with E-state index in [1.807, 2.05) is 6.92 Å². The predicted molar refractivity (Wildman–Crippen MR) is 95.4 cm³/mol. The molecule has 146 valence electrons. The maximum Gasteiger partial charge on any atom is 0.190 e. The van der Waals surface area contributed by atoms with Crippen molar-refractivity contribution < 1.29 is 29.7 Å². The van der Waals surface area contributed by atoms with Gasteiger partial charge in [0.25, 0.3) is 0 Å². The van der Waals surface area contributed by atoms with Crippen LogP contribution in [0.5, 0.6) is 0 Å². The average molecular weight is 374 g/mol. The van der Waals surface area contributed by atoms with Crippen LogP contribution in [-0.2, 0) is 14.4 Å². The minimum atomic E-state index is -1.71. The molecule has 0 radical (unpaired) electrons. The lowest BCUT2D eigenvalue weighted by Gasteiger charge is -2.57. The molecule has 0 saturated heterocycles. The number of carbonyl (C=O) groups excluding carboxylic acids is 3. The topological polar surface area (TPSA) is 112 Å². The summed E-state index contributed by atoms with van der Waals surface area (Å²) in [6.45, 7) is 2.91. The zero-order chi connectivity index (χ0) is 19.8. The SMILES string of the molecule is CC12C=CC(=O)C=C1[C@@H](O)C[C@@H]1[C@@H]2C(=O)C[C@@]2(C)[C@H]1CC[C@]2(O)C(=O)CO. The van der Waals surface area contributed by atoms with Gasteiger partial charge in [-0.05, 0) is 48.8 Å². The average Bonchev–Trinajstić information content (AvgIpc) is 2.87. The lowest BCUT2D eigenvalue weighted by Crippen LogP contribution is -2.61. The zero-order valence-corrected chi connectivity index (χ0v) is 15.6. The normalized spacial score (nSPS) is 48.6. The van der Waals surface area contributed by atoms with Gasteiger partial charge in [0.05, 0.1) is 6.10 Å². The van der Waals surface area contributed by atoms with Crippen LogP contribution in [0.3, 0.4) is 0 Å². The number of aliphatic hydroxyl groups is 3. The summed E-state index contributed by atoms with van der Waals surface area (Å²) >= 11 is 0. The summed E-state index contributed by atoms with van der Waals surface area (Å²) in [5.74, 6) is -1.56. The number of rotatable bonds is 2. The fourth-order valence-electron chi connectivity index (χ4n) is 6.68. The van der Waals surface area contributed by atoms with E-state index < -0.39 is 34.9 Å². The van der Waals surface area contributed by atoms with Crippen molar-refractivity contribution in [2.75, 3.05) is 6.61 Å². The zero-order valence-electron chi connectivity index (χ0n) is 15.6. The predicted octanol–water partition coefficient (Wildman–Crippen LogP) is 0.737. The van der Waals surface area contributed by atoms with Gasteiger partial charge in [-0.3, -0.25) is 14.4 Å². The summed E-state index contributed by atoms with van der Waals surface area (Å²) < 4.78 is 0. The van der Waals surface area contributed by atoms with E-state index in [2.05, 4.69) is 0 Å². The summed E-state index contributed by atoms with van der Waals surface area (Å²) in [5.41, 5.74) is -2.80. The maximum absolute atomic E-state index is 13.3. The second-order valence-electron chi connectivity index (χ2n) is 9.16. The van der Waals surface area contributed by atoms with E-state index in [9.17, 15) is 29.7 Å². The summed E-state index contributed by atoms with van der Waals surface area (Å²) in [6.07, 6.45) is 4.99. The number of hydrogen-bond acceptors (Lipinski definition) is 6. The Kier molecular flexibility index (Phi) is 3.94. The van der Waals surface area contributed by atoms with E-state index in [1.165, 1.54) is 12.2 Å². The van der Waals surface area contributed by atoms with E-state index in [4.69, 9.17) is 0 Å². The van der Waals surface area contributed by atoms with Gasteiger partial charge in [0.15, 0.2) is 11.6 Å². The molecular weight excluding hydrogens is 348 g/mol. The van der Waals surface area contributed by atoms with Crippen molar-refractivity contribution in [3.8, 4) is 0 Å². The van der Waals surface area contributed by atoms with Gasteiger partial charge in [0.1, 0.15) is 18.0 Å². The highest BCUT2D eigenvalue weighted by Gasteiger charge is 2.68. The van der Waals surface area contributed by atoms with Crippen molar-refractivity contribution >= 4 is 17.3 Å². The minimum absolute atomic E-state index is 0.0517. The molecule has 7 atom stereocenters. The van der Waals surface area contributed by atoms with Crippen LogP contribution in [0.4, 0.5) is 0 Å². The van der Waals surface area contributed by atoms with Crippen molar-refractivity contribution in [3.05, 3.63) is 23.8 Å². The van der Waals surface area contributed by atoms with E-state index in [0.29, 0.717) is 18.4 Å². The van der Waals surface area contributed by atoms with Crippen LogP contribution in [-0.4, -0.2) is 51.0 Å². The molecule has 4 rings (SSSR count). The van der Waals surface area contributed by atoms with E-state index in [0.717, 1.165) is 0 Å². The third-order valence-electron chi connectivity index (χ3n) is 8.03. The van der Waals surface area contributed by atoms with Crippen LogP contribution in [0.25, 0.3) is 0 Å². The van der Waals surface area contributed by atoms with E-state index in [-0.39, 0.29) is 42.2 Å². The standard InChI is InChI=1S/C21H26O6/c1-19-5-3-11(23)7-14(19)15(24)8-12-13-4-6-21(27,17(26)10-22)20(13,2)9-16(25)18(12)19/h3,5,7,12-13,15,18,22,24,27H,4,6,8-10H2,1-2H3/t12-,13-,15-,18+,19?,20-,21-/m0/s1. The molecule has 0 heterocycles. The number of allylic oxidation sites excluding steroid dienone is 3. The molecule has 6 nitrogen and oxygen atoms in total. The van der Waals surface area contributed by atoms with Crippen molar-refractivity contribution in [3.63, 3.8) is 0 Å². The Bertz CT molecular complexity index is 796. The number of fused-ring (bicyclic) bond motifs is 5. The molecule has 0 aliphatic heterocycles. The van der Waals surface area contributed by atoms with Crippen LogP contribution in [0.15, 0.2) is 23.8 Å². The van der Waals surface area contributed by atoms with Gasteiger partial charge in [-0.25, -0.2) is 0 Å². The molecule has 4 aliphatic rings. The fraction of sp³-hybridized carbons (Fsp3) is 0.667. The lowest BCUT2D eigenvalue weighted by atomic mass is 9.46. The minimum Gasteiger partial charge on any atom is -0.389 e. The molecule has 0 amide bonds. The summed E-state index contributed by atoms with van der Waals surface area (Å²) in [5, 5.41) is 31.2. The quantitative estimate of drug-likeness (QED) is 0.657. The van der Waals surface area contributed by atoms with Crippen LogP contribution >= 0.6 is 0 Å². The van der Waals surface area contributed by atoms with Crippen LogP contribution in [0, 0.1) is 28.6 Å². The molecule has 3 N–H and O–H groups in total. The van der Waals surface area contributed by atoms with Gasteiger partial charge >= 0.3 is 0 Å². The first-order chi connectivity index (χ1) is 12.6. The number of carbonyl (C=O) groups is 3. The monoisotopic (exact) mass is 374 g/mol. The third-order valence-corrected chi connectivity index (χ3v) is 8.03. The van der Waals surface area contributed by atoms with Crippen LogP contribution < -0.4 is 0 Å². The fourth-order valence-corrected chi connectivity index (χ4v) is 6.68. The Morgan fingerprint density at radius 3 is 2.67 bits per heavy atom. The Labute approximate surface area is 158 Å². The van der Waals surface area contributed by atoms with Crippen LogP contribution in [0.1, 0.15) is 39.5 Å². The molecule has 6 heteroatoms. The second kappa shape index (κ2) is 5.69. The number of ketones is 3. The molecule has 0 bridgehead atoms. The van der Waals surface area contributed by atoms with Crippen molar-refractivity contribution in [2.24, 2.45) is 28.6 Å². The summed E-state index contributed by atoms with van der Waals surface area (Å²) in [4.78, 5) is 37.5. The summed E-state index contributed by atoms with van der Waals surface area (Å²) in [6, 6.07) is 0. The molecular formula is C21H26O6. The Balaban J connectivity index is 1.79. The maximum atomic E-state index is 13.3. The van der Waals surface area contributed by atoms with E-state index in [1.54, 1.807) is 13.0 Å². The first kappa shape index (κ1) is 18.7. The van der Waals surface area contributed by atoms with Gasteiger partial charge in [-0.2, -0.15) is 0 Å². The highest BCUT2D eigenvalue weighted by atomic mass is 16.3. The molecule has 0 aromatic heterocycles. The number of aliphatic hydroxyl groups excluding tert-OH is 2. The third kappa shape index (κ3) is 2.20. The van der Waals surface area contributed by atoms with Gasteiger partial charge in [0.2, 0.25) is 0 Å². The Morgan fingerprint density at radius 2 is 2.00 bits per heavy atom. The molecule has 0 aromatic carbocycles. The van der Waals surface area contributed by atoms with Gasteiger partial charge in [-0.1, -0.05) is 19.9 Å². The molecule has 27 heavy (non-hydrogen) atoms. The molecule has 4 aliphatic carbocycles. The Morgan fingerprint density at radius 1 is 1.30 bits per heavy atom. The molecule has 0 aromatic rings. The molecule has 0 spiro atoms. The summed E-state index contributed by atoms with van der Waals surface area (Å²) in [7, 11) is 0.